The van der Waals surface area contributed by atoms with Gasteiger partial charge in [0.15, 0.2) is 5.82 Å². The monoisotopic (exact) mass is 311 g/mol. The molecule has 3 aliphatic rings. The molecule has 2 aliphatic carbocycles. The minimum Gasteiger partial charge on any atom is -0.272 e. The number of hydrogen-bond acceptors (Lipinski definition) is 3. The van der Waals surface area contributed by atoms with Gasteiger partial charge in [0.2, 0.25) is 0 Å². The SMILES string of the molecule is CC1CC2CC(C1)CC(C)(C1=NN(c3ccccn3)C(=O)C1)C2. The van der Waals surface area contributed by atoms with Gasteiger partial charge in [0.1, 0.15) is 0 Å². The van der Waals surface area contributed by atoms with Crippen molar-refractivity contribution in [2.45, 2.75) is 52.4 Å². The van der Waals surface area contributed by atoms with Crippen LogP contribution in [0, 0.1) is 23.2 Å². The van der Waals surface area contributed by atoms with Gasteiger partial charge in [-0.15, -0.1) is 0 Å². The van der Waals surface area contributed by atoms with Crippen LogP contribution < -0.4 is 5.01 Å². The van der Waals surface area contributed by atoms with Gasteiger partial charge in [-0.25, -0.2) is 4.98 Å². The van der Waals surface area contributed by atoms with Crippen LogP contribution >= 0.6 is 0 Å². The number of rotatable bonds is 2. The van der Waals surface area contributed by atoms with Gasteiger partial charge in [-0.3, -0.25) is 4.79 Å². The maximum atomic E-state index is 12.4. The highest BCUT2D eigenvalue weighted by Crippen LogP contribution is 2.51. The lowest BCUT2D eigenvalue weighted by atomic mass is 9.58. The van der Waals surface area contributed by atoms with Crippen LogP contribution in [-0.2, 0) is 4.79 Å². The molecule has 2 atom stereocenters. The van der Waals surface area contributed by atoms with Crippen LogP contribution in [0.2, 0.25) is 0 Å². The number of carbonyl (C=O) groups excluding carboxylic acids is 1. The quantitative estimate of drug-likeness (QED) is 0.828. The zero-order valence-electron chi connectivity index (χ0n) is 14.0. The zero-order chi connectivity index (χ0) is 16.0. The van der Waals surface area contributed by atoms with Crippen molar-refractivity contribution in [2.75, 3.05) is 5.01 Å². The summed E-state index contributed by atoms with van der Waals surface area (Å²) in [4.78, 5) is 16.7. The fourth-order valence-corrected chi connectivity index (χ4v) is 5.25. The summed E-state index contributed by atoms with van der Waals surface area (Å²) in [6.07, 6.45) is 8.62. The average molecular weight is 311 g/mol. The van der Waals surface area contributed by atoms with Crippen LogP contribution in [0.3, 0.4) is 0 Å². The number of nitrogens with zero attached hydrogens (tertiary/aromatic N) is 3. The van der Waals surface area contributed by atoms with Gasteiger partial charge < -0.3 is 0 Å². The second-order valence-corrected chi connectivity index (χ2v) is 8.13. The lowest BCUT2D eigenvalue weighted by Crippen LogP contribution is -2.40. The van der Waals surface area contributed by atoms with Crippen molar-refractivity contribution in [1.29, 1.82) is 0 Å². The van der Waals surface area contributed by atoms with E-state index in [0.29, 0.717) is 12.2 Å². The summed E-state index contributed by atoms with van der Waals surface area (Å²) >= 11 is 0. The fraction of sp³-hybridized carbons (Fsp3) is 0.632. The lowest BCUT2D eigenvalue weighted by Gasteiger charge is -2.47. The first kappa shape index (κ1) is 14.9. The molecule has 0 saturated heterocycles. The predicted molar refractivity (Wildman–Crippen MR) is 91.1 cm³/mol. The number of fused-ring (bicyclic) bond motifs is 2. The number of hydrogen-bond donors (Lipinski definition) is 0. The van der Waals surface area contributed by atoms with Gasteiger partial charge >= 0.3 is 0 Å². The van der Waals surface area contributed by atoms with Crippen molar-refractivity contribution in [3.8, 4) is 0 Å². The molecule has 1 aromatic rings. The van der Waals surface area contributed by atoms with Crippen molar-refractivity contribution in [3.05, 3.63) is 24.4 Å². The molecule has 2 unspecified atom stereocenters. The molecule has 2 saturated carbocycles. The lowest BCUT2D eigenvalue weighted by molar-refractivity contribution is -0.117. The van der Waals surface area contributed by atoms with Crippen molar-refractivity contribution in [3.63, 3.8) is 0 Å². The van der Waals surface area contributed by atoms with E-state index in [1.54, 1.807) is 6.20 Å². The summed E-state index contributed by atoms with van der Waals surface area (Å²) in [6.45, 7) is 4.72. The molecule has 1 aliphatic heterocycles. The Hall–Kier alpha value is -1.71. The maximum absolute atomic E-state index is 12.4. The second-order valence-electron chi connectivity index (χ2n) is 8.13. The van der Waals surface area contributed by atoms with E-state index in [0.717, 1.165) is 23.5 Å². The first-order chi connectivity index (χ1) is 11.0. The Labute approximate surface area is 138 Å². The molecule has 1 amide bonds. The van der Waals surface area contributed by atoms with Gasteiger partial charge in [0, 0.05) is 11.6 Å². The van der Waals surface area contributed by atoms with E-state index in [1.165, 1.54) is 37.1 Å². The van der Waals surface area contributed by atoms with Crippen LogP contribution in [0.1, 0.15) is 52.4 Å². The van der Waals surface area contributed by atoms with Gasteiger partial charge in [-0.1, -0.05) is 19.9 Å². The largest absolute Gasteiger partial charge is 0.272 e. The van der Waals surface area contributed by atoms with Crippen LogP contribution in [0.4, 0.5) is 5.82 Å². The zero-order valence-corrected chi connectivity index (χ0v) is 14.0. The van der Waals surface area contributed by atoms with Crippen molar-refractivity contribution in [2.24, 2.45) is 28.3 Å². The fourth-order valence-electron chi connectivity index (χ4n) is 5.25. The summed E-state index contributed by atoms with van der Waals surface area (Å²) in [5, 5.41) is 6.23. The molecule has 2 heterocycles. The molecule has 122 valence electrons. The highest BCUT2D eigenvalue weighted by atomic mass is 16.2. The molecule has 2 bridgehead atoms. The third-order valence-corrected chi connectivity index (χ3v) is 5.96. The number of aromatic nitrogens is 1. The van der Waals surface area contributed by atoms with Crippen LogP contribution in [-0.4, -0.2) is 16.6 Å². The Morgan fingerprint density at radius 1 is 1.17 bits per heavy atom. The number of anilines is 1. The number of amides is 1. The Morgan fingerprint density at radius 3 is 2.57 bits per heavy atom. The molecule has 4 nitrogen and oxygen atoms in total. The van der Waals surface area contributed by atoms with E-state index < -0.39 is 0 Å². The minimum atomic E-state index is 0.0593. The third kappa shape index (κ3) is 2.68. The molecule has 1 aromatic heterocycles. The van der Waals surface area contributed by atoms with Gasteiger partial charge in [0.25, 0.3) is 5.91 Å². The highest BCUT2D eigenvalue weighted by molar-refractivity contribution is 6.14. The van der Waals surface area contributed by atoms with Crippen molar-refractivity contribution < 1.29 is 4.79 Å². The topological polar surface area (TPSA) is 45.6 Å². The van der Waals surface area contributed by atoms with E-state index in [1.807, 2.05) is 18.2 Å². The molecule has 23 heavy (non-hydrogen) atoms. The van der Waals surface area contributed by atoms with Gasteiger partial charge in [-0.2, -0.15) is 10.1 Å². The maximum Gasteiger partial charge on any atom is 0.254 e. The summed E-state index contributed by atoms with van der Waals surface area (Å²) < 4.78 is 0. The van der Waals surface area contributed by atoms with E-state index >= 15 is 0 Å². The Kier molecular flexibility index (Phi) is 3.51. The van der Waals surface area contributed by atoms with E-state index in [9.17, 15) is 4.79 Å². The second kappa shape index (κ2) is 5.43. The van der Waals surface area contributed by atoms with E-state index in [-0.39, 0.29) is 11.3 Å². The number of carbonyl (C=O) groups is 1. The summed E-state index contributed by atoms with van der Waals surface area (Å²) in [7, 11) is 0. The predicted octanol–water partition coefficient (Wildman–Crippen LogP) is 4.03. The van der Waals surface area contributed by atoms with E-state index in [4.69, 9.17) is 5.10 Å². The molecule has 0 spiro atoms. The van der Waals surface area contributed by atoms with Crippen LogP contribution in [0.5, 0.6) is 0 Å². The molecule has 0 aromatic carbocycles. The first-order valence-corrected chi connectivity index (χ1v) is 8.85. The Morgan fingerprint density at radius 2 is 1.91 bits per heavy atom. The molecule has 0 radical (unpaired) electrons. The average Bonchev–Trinajstić information content (AvgIpc) is 2.89. The van der Waals surface area contributed by atoms with Crippen molar-refractivity contribution in [1.82, 2.24) is 4.98 Å². The van der Waals surface area contributed by atoms with Gasteiger partial charge in [0.05, 0.1) is 12.1 Å². The Bertz CT molecular complexity index is 621. The molecule has 4 heteroatoms. The summed E-state index contributed by atoms with van der Waals surface area (Å²) in [5.41, 5.74) is 1.17. The Balaban J connectivity index is 1.59. The third-order valence-electron chi connectivity index (χ3n) is 5.96. The molecule has 0 N–H and O–H groups in total. The minimum absolute atomic E-state index is 0.0593. The van der Waals surface area contributed by atoms with E-state index in [2.05, 4.69) is 18.8 Å². The number of hydrazone groups is 1. The highest BCUT2D eigenvalue weighted by Gasteiger charge is 2.46. The molecule has 4 rings (SSSR count). The van der Waals surface area contributed by atoms with Gasteiger partial charge in [-0.05, 0) is 62.0 Å². The van der Waals surface area contributed by atoms with Crippen molar-refractivity contribution >= 4 is 17.4 Å². The summed E-state index contributed by atoms with van der Waals surface area (Å²) in [6, 6.07) is 5.61. The first-order valence-electron chi connectivity index (χ1n) is 8.85. The smallest absolute Gasteiger partial charge is 0.254 e. The molecular formula is C19H25N3O. The normalized spacial score (nSPS) is 37.0. The standard InChI is InChI=1S/C19H25N3O/c1-13-7-14-9-15(8-13)12-19(2,11-14)16-10-18(23)22(21-16)17-5-3-4-6-20-17/h3-6,13-15H,7-12H2,1-2H3. The summed E-state index contributed by atoms with van der Waals surface area (Å²) in [5.74, 6) is 3.18. The van der Waals surface area contributed by atoms with Crippen LogP contribution in [0.25, 0.3) is 0 Å². The number of pyridine rings is 1. The van der Waals surface area contributed by atoms with Crippen LogP contribution in [0.15, 0.2) is 29.5 Å². The molecular weight excluding hydrogens is 286 g/mol. The molecule has 2 fully saturated rings.